The van der Waals surface area contributed by atoms with Gasteiger partial charge in [0.2, 0.25) is 5.91 Å². The number of carbonyl (C=O) groups excluding carboxylic acids is 3. The summed E-state index contributed by atoms with van der Waals surface area (Å²) >= 11 is 0. The van der Waals surface area contributed by atoms with Gasteiger partial charge in [-0.1, -0.05) is 25.9 Å². The van der Waals surface area contributed by atoms with E-state index >= 15 is 0 Å². The average molecular weight is 865 g/mol. The Morgan fingerprint density at radius 3 is 2.47 bits per heavy atom. The molecule has 4 aliphatic rings. The van der Waals surface area contributed by atoms with Crippen molar-refractivity contribution in [2.24, 2.45) is 51.5 Å². The summed E-state index contributed by atoms with van der Waals surface area (Å²) in [7, 11) is 1.49. The summed E-state index contributed by atoms with van der Waals surface area (Å²) in [6.07, 6.45) is 9.17. The van der Waals surface area contributed by atoms with Crippen molar-refractivity contribution < 1.29 is 52.4 Å². The van der Waals surface area contributed by atoms with E-state index < -0.39 is 35.9 Å². The van der Waals surface area contributed by atoms with Gasteiger partial charge in [-0.15, -0.1) is 0 Å². The number of nitrogens with one attached hydrogen (secondary N) is 1. The molecule has 1 aromatic heterocycles. The molecule has 62 heavy (non-hydrogen) atoms. The summed E-state index contributed by atoms with van der Waals surface area (Å²) in [6.45, 7) is 9.15. The average Bonchev–Trinajstić information content (AvgIpc) is 3.60. The zero-order chi connectivity index (χ0) is 44.4. The summed E-state index contributed by atoms with van der Waals surface area (Å²) in [4.78, 5) is 66.2. The fourth-order valence-corrected chi connectivity index (χ4v) is 12.1. The Labute approximate surface area is 362 Å². The van der Waals surface area contributed by atoms with Crippen LogP contribution in [-0.2, 0) is 44.5 Å². The normalized spacial score (nSPS) is 28.6. The fourth-order valence-electron chi connectivity index (χ4n) is 12.1. The van der Waals surface area contributed by atoms with Gasteiger partial charge < -0.3 is 38.5 Å². The number of hydrogen-bond donors (Lipinski definition) is 2. The molecule has 2 N–H and O–H groups in total. The van der Waals surface area contributed by atoms with Crippen LogP contribution >= 0.6 is 0 Å². The van der Waals surface area contributed by atoms with Crippen LogP contribution in [0, 0.1) is 46.3 Å². The predicted octanol–water partition coefficient (Wildman–Crippen LogP) is 7.18. The van der Waals surface area contributed by atoms with E-state index in [2.05, 4.69) is 36.1 Å². The minimum Gasteiger partial charge on any atom is -0.497 e. The number of fused-ring (bicyclic) bond motifs is 6. The molecule has 10 atom stereocenters. The van der Waals surface area contributed by atoms with E-state index in [0.717, 1.165) is 32.1 Å². The highest BCUT2D eigenvalue weighted by molar-refractivity contribution is 5.91. The number of hydrogen-bond acceptors (Lipinski definition) is 12. The van der Waals surface area contributed by atoms with Gasteiger partial charge in [0.25, 0.3) is 0 Å². The quantitative estimate of drug-likeness (QED) is 0.0318. The topological polar surface area (TPSA) is 226 Å². The third kappa shape index (κ3) is 11.1. The summed E-state index contributed by atoms with van der Waals surface area (Å²) in [5, 5.41) is 16.2. The third-order valence-corrected chi connectivity index (χ3v) is 15.1. The second-order valence-electron chi connectivity index (χ2n) is 18.5. The number of azide groups is 1. The molecule has 4 saturated carbocycles. The molecule has 0 radical (unpaired) electrons. The van der Waals surface area contributed by atoms with Crippen LogP contribution in [0.3, 0.4) is 0 Å². The van der Waals surface area contributed by atoms with E-state index in [1.54, 1.807) is 18.2 Å². The maximum atomic E-state index is 13.6. The smallest absolute Gasteiger partial charge is 0.336 e. The van der Waals surface area contributed by atoms with Crippen LogP contribution in [0.1, 0.15) is 103 Å². The molecule has 6 rings (SSSR count). The van der Waals surface area contributed by atoms with Crippen molar-refractivity contribution in [2.45, 2.75) is 116 Å². The first-order chi connectivity index (χ1) is 29.7. The van der Waals surface area contributed by atoms with Gasteiger partial charge in [-0.2, -0.15) is 0 Å². The number of benzene rings is 1. The Hall–Kier alpha value is -4.66. The highest BCUT2D eigenvalue weighted by atomic mass is 16.6. The van der Waals surface area contributed by atoms with Crippen LogP contribution in [0.25, 0.3) is 21.4 Å². The lowest BCUT2D eigenvalue weighted by Crippen LogP contribution is -2.54. The van der Waals surface area contributed by atoms with Gasteiger partial charge in [0.15, 0.2) is 0 Å². The SMILES string of the molecule is COc1ccc2c(CC(=O)N[C@@H](CC(=O)O)C(=O)O[C@@H]3CC[C@@]4(C)[C@H](CC[C@@H]5[C@@H]4CC[C@]4(C)C([C@H](C)CCC(=O)OCCOCCOCCN=[N+]=[N-])CC[C@@H]54)C3)cc(=O)oc2c1. The molecule has 4 aliphatic carbocycles. The molecule has 4 fully saturated rings. The monoisotopic (exact) mass is 864 g/mol. The number of ether oxygens (including phenoxy) is 5. The Morgan fingerprint density at radius 1 is 0.968 bits per heavy atom. The molecular formula is C46H64N4O12. The standard InChI is InChI=1S/C46H64N4O12/c1-28(5-12-42(54)60-22-21-59-20-19-58-18-17-48-50-47)35-10-11-36-34-8-6-30-25-32(13-15-45(30,2)37(34)14-16-46(35,36)3)61-44(56)38(27-41(52)53)49-40(51)23-29-24-43(55)62-39-26-31(57-4)7-9-33(29)39/h7,9,24,26,28,30,32,34-38H,5-6,8,10-23,25,27H2,1-4H3,(H,49,51)(H,52,53)/t28-,30-,32-,34+,35?,36+,37+,38+,45+,46-/m1/s1. The molecule has 1 amide bonds. The summed E-state index contributed by atoms with van der Waals surface area (Å²) in [5.41, 5.74) is 8.61. The molecule has 1 unspecified atom stereocenters. The second-order valence-corrected chi connectivity index (χ2v) is 18.5. The Balaban J connectivity index is 0.970. The van der Waals surface area contributed by atoms with Crippen molar-refractivity contribution in [3.63, 3.8) is 0 Å². The van der Waals surface area contributed by atoms with Crippen molar-refractivity contribution >= 4 is 34.8 Å². The highest BCUT2D eigenvalue weighted by Gasteiger charge is 2.60. The number of aliphatic carboxylic acids is 1. The summed E-state index contributed by atoms with van der Waals surface area (Å²) < 4.78 is 32.7. The Kier molecular flexibility index (Phi) is 16.0. The number of carboxylic acid groups (broad SMARTS) is 1. The Morgan fingerprint density at radius 2 is 1.71 bits per heavy atom. The molecule has 340 valence electrons. The molecule has 16 heteroatoms. The van der Waals surface area contributed by atoms with E-state index in [1.807, 2.05) is 0 Å². The first-order valence-corrected chi connectivity index (χ1v) is 22.4. The lowest BCUT2D eigenvalue weighted by atomic mass is 9.44. The van der Waals surface area contributed by atoms with Gasteiger partial charge in [-0.05, 0) is 134 Å². The van der Waals surface area contributed by atoms with Crippen LogP contribution in [0.4, 0.5) is 0 Å². The number of methoxy groups -OCH3 is 1. The lowest BCUT2D eigenvalue weighted by molar-refractivity contribution is -0.167. The van der Waals surface area contributed by atoms with Crippen molar-refractivity contribution in [1.29, 1.82) is 0 Å². The van der Waals surface area contributed by atoms with E-state index in [-0.39, 0.29) is 48.1 Å². The minimum absolute atomic E-state index is 0.119. The van der Waals surface area contributed by atoms with E-state index in [0.29, 0.717) is 97.9 Å². The van der Waals surface area contributed by atoms with E-state index in [4.69, 9.17) is 33.6 Å². The minimum atomic E-state index is -1.38. The summed E-state index contributed by atoms with van der Waals surface area (Å²) in [5.74, 6) is 0.870. The van der Waals surface area contributed by atoms with Gasteiger partial charge >= 0.3 is 23.5 Å². The van der Waals surface area contributed by atoms with Crippen LogP contribution in [0.15, 0.2) is 38.6 Å². The van der Waals surface area contributed by atoms with Crippen molar-refractivity contribution in [3.05, 3.63) is 50.7 Å². The van der Waals surface area contributed by atoms with Crippen LogP contribution in [0.2, 0.25) is 0 Å². The largest absolute Gasteiger partial charge is 0.497 e. The molecule has 16 nitrogen and oxygen atoms in total. The Bertz CT molecular complexity index is 2020. The number of rotatable bonds is 21. The van der Waals surface area contributed by atoms with E-state index in [1.165, 1.54) is 32.4 Å². The zero-order valence-electron chi connectivity index (χ0n) is 36.6. The van der Waals surface area contributed by atoms with Gasteiger partial charge in [-0.3, -0.25) is 14.4 Å². The van der Waals surface area contributed by atoms with E-state index in [9.17, 15) is 29.1 Å². The molecule has 0 aliphatic heterocycles. The van der Waals surface area contributed by atoms with Crippen LogP contribution in [-0.4, -0.2) is 87.8 Å². The number of amides is 1. The number of carbonyl (C=O) groups is 4. The summed E-state index contributed by atoms with van der Waals surface area (Å²) in [6, 6.07) is 4.74. The van der Waals surface area contributed by atoms with Gasteiger partial charge in [0.05, 0.1) is 46.4 Å². The molecule has 0 saturated heterocycles. The lowest BCUT2D eigenvalue weighted by Gasteiger charge is -2.61. The van der Waals surface area contributed by atoms with Gasteiger partial charge in [0, 0.05) is 35.4 Å². The van der Waals surface area contributed by atoms with Crippen LogP contribution < -0.4 is 15.7 Å². The maximum absolute atomic E-state index is 13.6. The molecule has 0 spiro atoms. The van der Waals surface area contributed by atoms with Crippen molar-refractivity contribution in [3.8, 4) is 5.75 Å². The fraction of sp³-hybridized carbons (Fsp3) is 0.717. The molecule has 0 bridgehead atoms. The van der Waals surface area contributed by atoms with Crippen molar-refractivity contribution in [2.75, 3.05) is 46.7 Å². The number of nitrogens with zero attached hydrogens (tertiary/aromatic N) is 3. The molecule has 1 aromatic carbocycles. The number of esters is 2. The maximum Gasteiger partial charge on any atom is 0.336 e. The molecular weight excluding hydrogens is 801 g/mol. The second kappa shape index (κ2) is 21.1. The number of carboxylic acids is 1. The molecule has 2 aromatic rings. The first-order valence-electron chi connectivity index (χ1n) is 22.4. The van der Waals surface area contributed by atoms with Crippen molar-refractivity contribution in [1.82, 2.24) is 5.32 Å². The zero-order valence-corrected chi connectivity index (χ0v) is 36.6. The first kappa shape index (κ1) is 46.8. The van der Waals surface area contributed by atoms with Gasteiger partial charge in [-0.25, -0.2) is 9.59 Å². The van der Waals surface area contributed by atoms with Crippen LogP contribution in [0.5, 0.6) is 5.75 Å². The third-order valence-electron chi connectivity index (χ3n) is 15.1. The highest BCUT2D eigenvalue weighted by Crippen LogP contribution is 2.68. The van der Waals surface area contributed by atoms with Gasteiger partial charge in [0.1, 0.15) is 30.1 Å². The predicted molar refractivity (Wildman–Crippen MR) is 227 cm³/mol. The molecule has 1 heterocycles.